The molecule has 104 valence electrons. The van der Waals surface area contributed by atoms with Gasteiger partial charge in [0.1, 0.15) is 11.5 Å². The molecule has 0 heterocycles. The molecule has 0 fully saturated rings. The molecule has 0 aromatic heterocycles. The molecule has 5 nitrogen and oxygen atoms in total. The lowest BCUT2D eigenvalue weighted by Gasteiger charge is -2.11. The Kier molecular flexibility index (Phi) is 3.89. The number of nitrogens with zero attached hydrogens (tertiary/aromatic N) is 1. The van der Waals surface area contributed by atoms with E-state index in [-0.39, 0.29) is 11.4 Å². The summed E-state index contributed by atoms with van der Waals surface area (Å²) in [5, 5.41) is 20.6. The second-order valence-corrected chi connectivity index (χ2v) is 4.54. The normalized spacial score (nSPS) is 10.3. The topological polar surface area (TPSA) is 72.6 Å². The van der Waals surface area contributed by atoms with Gasteiger partial charge in [0.15, 0.2) is 0 Å². The first-order chi connectivity index (χ1) is 9.51. The number of phenols is 1. The van der Waals surface area contributed by atoms with Crippen LogP contribution in [0, 0.1) is 17.0 Å². The molecule has 0 amide bonds. The number of hydrogen-bond acceptors (Lipinski definition) is 4. The number of ether oxygens (including phenoxy) is 1. The van der Waals surface area contributed by atoms with E-state index < -0.39 is 4.92 Å². The lowest BCUT2D eigenvalue weighted by Crippen LogP contribution is -1.95. The largest absolute Gasteiger partial charge is 0.508 e. The van der Waals surface area contributed by atoms with E-state index in [2.05, 4.69) is 0 Å². The van der Waals surface area contributed by atoms with E-state index in [1.807, 2.05) is 13.0 Å². The highest BCUT2D eigenvalue weighted by atomic mass is 16.6. The minimum Gasteiger partial charge on any atom is -0.508 e. The average Bonchev–Trinajstić information content (AvgIpc) is 2.43. The molecule has 0 saturated carbocycles. The third kappa shape index (κ3) is 2.88. The smallest absolute Gasteiger partial charge is 0.269 e. The average molecular weight is 273 g/mol. The molecule has 2 aromatic rings. The molecule has 20 heavy (non-hydrogen) atoms. The maximum Gasteiger partial charge on any atom is 0.269 e. The van der Waals surface area contributed by atoms with Gasteiger partial charge in [-0.3, -0.25) is 10.1 Å². The molecule has 2 aromatic carbocycles. The van der Waals surface area contributed by atoms with Crippen molar-refractivity contribution in [2.75, 3.05) is 7.11 Å². The van der Waals surface area contributed by atoms with Gasteiger partial charge in [-0.05, 0) is 24.1 Å². The third-order valence-corrected chi connectivity index (χ3v) is 3.19. The Labute approximate surface area is 116 Å². The highest BCUT2D eigenvalue weighted by molar-refractivity contribution is 5.48. The van der Waals surface area contributed by atoms with Gasteiger partial charge in [0.25, 0.3) is 5.69 Å². The number of aromatic hydroxyl groups is 1. The van der Waals surface area contributed by atoms with E-state index >= 15 is 0 Å². The molecule has 0 spiro atoms. The van der Waals surface area contributed by atoms with Gasteiger partial charge in [-0.25, -0.2) is 0 Å². The quantitative estimate of drug-likeness (QED) is 0.685. The monoisotopic (exact) mass is 273 g/mol. The van der Waals surface area contributed by atoms with E-state index in [4.69, 9.17) is 4.74 Å². The standard InChI is InChI=1S/C15H15NO4/c1-10-7-13(20-2)9-15(17)14(10)8-11-3-5-12(6-4-11)16(18)19/h3-7,9,17H,8H2,1-2H3. The van der Waals surface area contributed by atoms with Crippen molar-refractivity contribution in [1.82, 2.24) is 0 Å². The predicted molar refractivity (Wildman–Crippen MR) is 75.3 cm³/mol. The Morgan fingerprint density at radius 1 is 1.25 bits per heavy atom. The number of non-ortho nitro benzene ring substituents is 1. The lowest BCUT2D eigenvalue weighted by molar-refractivity contribution is -0.384. The second-order valence-electron chi connectivity index (χ2n) is 4.54. The summed E-state index contributed by atoms with van der Waals surface area (Å²) in [4.78, 5) is 10.2. The molecule has 0 aliphatic rings. The highest BCUT2D eigenvalue weighted by Gasteiger charge is 2.10. The molecule has 0 bridgehead atoms. The summed E-state index contributed by atoms with van der Waals surface area (Å²) in [5.74, 6) is 0.771. The van der Waals surface area contributed by atoms with Gasteiger partial charge in [-0.15, -0.1) is 0 Å². The maximum atomic E-state index is 10.6. The van der Waals surface area contributed by atoms with Crippen molar-refractivity contribution >= 4 is 5.69 Å². The Morgan fingerprint density at radius 3 is 2.40 bits per heavy atom. The van der Waals surface area contributed by atoms with Crippen LogP contribution < -0.4 is 4.74 Å². The van der Waals surface area contributed by atoms with E-state index in [1.54, 1.807) is 25.3 Å². The number of nitro groups is 1. The van der Waals surface area contributed by atoms with Crippen LogP contribution in [0.15, 0.2) is 36.4 Å². The summed E-state index contributed by atoms with van der Waals surface area (Å²) in [6, 6.07) is 9.73. The third-order valence-electron chi connectivity index (χ3n) is 3.19. The number of benzene rings is 2. The fourth-order valence-electron chi connectivity index (χ4n) is 2.05. The summed E-state index contributed by atoms with van der Waals surface area (Å²) in [6.45, 7) is 1.89. The number of aryl methyl sites for hydroxylation is 1. The first-order valence-electron chi connectivity index (χ1n) is 6.11. The number of phenolic OH excluding ortho intramolecular Hbond substituents is 1. The van der Waals surface area contributed by atoms with Gasteiger partial charge >= 0.3 is 0 Å². The molecule has 2 rings (SSSR count). The molecule has 5 heteroatoms. The van der Waals surface area contributed by atoms with Gasteiger partial charge in [-0.2, -0.15) is 0 Å². The molecule has 0 aliphatic carbocycles. The first kappa shape index (κ1) is 13.9. The lowest BCUT2D eigenvalue weighted by atomic mass is 9.99. The molecule has 0 radical (unpaired) electrons. The van der Waals surface area contributed by atoms with E-state index in [0.717, 1.165) is 16.7 Å². The van der Waals surface area contributed by atoms with Gasteiger partial charge in [0.2, 0.25) is 0 Å². The van der Waals surface area contributed by atoms with Crippen molar-refractivity contribution in [3.8, 4) is 11.5 Å². The summed E-state index contributed by atoms with van der Waals surface area (Å²) < 4.78 is 5.09. The van der Waals surface area contributed by atoms with Crippen LogP contribution in [0.5, 0.6) is 11.5 Å². The van der Waals surface area contributed by atoms with Crippen molar-refractivity contribution in [2.45, 2.75) is 13.3 Å². The Bertz CT molecular complexity index is 612. The van der Waals surface area contributed by atoms with Crippen LogP contribution in [-0.4, -0.2) is 17.1 Å². The Morgan fingerprint density at radius 2 is 1.90 bits per heavy atom. The summed E-state index contributed by atoms with van der Waals surface area (Å²) in [5.41, 5.74) is 2.67. The zero-order valence-corrected chi connectivity index (χ0v) is 11.3. The van der Waals surface area contributed by atoms with Crippen LogP contribution >= 0.6 is 0 Å². The molecule has 0 unspecified atom stereocenters. The van der Waals surface area contributed by atoms with Crippen molar-refractivity contribution in [2.24, 2.45) is 0 Å². The van der Waals surface area contributed by atoms with Gasteiger partial charge in [-0.1, -0.05) is 12.1 Å². The zero-order chi connectivity index (χ0) is 14.7. The number of methoxy groups -OCH3 is 1. The van der Waals surface area contributed by atoms with Gasteiger partial charge in [0.05, 0.1) is 12.0 Å². The van der Waals surface area contributed by atoms with Crippen molar-refractivity contribution in [3.05, 3.63) is 63.2 Å². The van der Waals surface area contributed by atoms with E-state index in [1.165, 1.54) is 12.1 Å². The van der Waals surface area contributed by atoms with Crippen molar-refractivity contribution < 1.29 is 14.8 Å². The predicted octanol–water partition coefficient (Wildman–Crippen LogP) is 3.21. The summed E-state index contributed by atoms with van der Waals surface area (Å²) >= 11 is 0. The van der Waals surface area contributed by atoms with Crippen LogP contribution in [-0.2, 0) is 6.42 Å². The van der Waals surface area contributed by atoms with Crippen LogP contribution in [0.3, 0.4) is 0 Å². The molecule has 0 atom stereocenters. The fraction of sp³-hybridized carbons (Fsp3) is 0.200. The fourth-order valence-corrected chi connectivity index (χ4v) is 2.05. The molecule has 0 saturated heterocycles. The number of nitro benzene ring substituents is 1. The minimum absolute atomic E-state index is 0.0597. The Hall–Kier alpha value is -2.56. The molecule has 0 aliphatic heterocycles. The van der Waals surface area contributed by atoms with Crippen molar-refractivity contribution in [3.63, 3.8) is 0 Å². The van der Waals surface area contributed by atoms with E-state index in [0.29, 0.717) is 12.2 Å². The second kappa shape index (κ2) is 5.61. The van der Waals surface area contributed by atoms with Crippen LogP contribution in [0.2, 0.25) is 0 Å². The summed E-state index contributed by atoms with van der Waals surface area (Å²) in [7, 11) is 1.55. The Balaban J connectivity index is 2.28. The summed E-state index contributed by atoms with van der Waals surface area (Å²) in [6.07, 6.45) is 0.514. The van der Waals surface area contributed by atoms with Crippen LogP contribution in [0.25, 0.3) is 0 Å². The molecular weight excluding hydrogens is 258 g/mol. The molecular formula is C15H15NO4. The van der Waals surface area contributed by atoms with Crippen LogP contribution in [0.1, 0.15) is 16.7 Å². The van der Waals surface area contributed by atoms with E-state index in [9.17, 15) is 15.2 Å². The van der Waals surface area contributed by atoms with Gasteiger partial charge in [0, 0.05) is 30.2 Å². The minimum atomic E-state index is -0.431. The number of hydrogen-bond donors (Lipinski definition) is 1. The zero-order valence-electron chi connectivity index (χ0n) is 11.3. The van der Waals surface area contributed by atoms with Crippen LogP contribution in [0.4, 0.5) is 5.69 Å². The van der Waals surface area contributed by atoms with Crippen molar-refractivity contribution in [1.29, 1.82) is 0 Å². The number of rotatable bonds is 4. The SMILES string of the molecule is COc1cc(C)c(Cc2ccc([N+](=O)[O-])cc2)c(O)c1. The van der Waals surface area contributed by atoms with Gasteiger partial charge < -0.3 is 9.84 Å². The first-order valence-corrected chi connectivity index (χ1v) is 6.11. The molecule has 1 N–H and O–H groups in total. The highest BCUT2D eigenvalue weighted by Crippen LogP contribution is 2.29. The maximum absolute atomic E-state index is 10.6.